The van der Waals surface area contributed by atoms with E-state index in [0.717, 1.165) is 32.5 Å². The van der Waals surface area contributed by atoms with Crippen LogP contribution in [0.4, 0.5) is 0 Å². The molecular formula is C17H31NO. The van der Waals surface area contributed by atoms with Gasteiger partial charge in [-0.15, -0.1) is 0 Å². The van der Waals surface area contributed by atoms with Gasteiger partial charge in [0, 0.05) is 19.6 Å². The fourth-order valence-corrected chi connectivity index (χ4v) is 2.27. The molecule has 0 amide bonds. The highest BCUT2D eigenvalue weighted by Crippen LogP contribution is 2.17. The molecule has 1 N–H and O–H groups in total. The van der Waals surface area contributed by atoms with Crippen LogP contribution >= 0.6 is 0 Å². The fourth-order valence-electron chi connectivity index (χ4n) is 2.27. The average molecular weight is 265 g/mol. The lowest BCUT2D eigenvalue weighted by atomic mass is 10.0. The van der Waals surface area contributed by atoms with Crippen molar-refractivity contribution in [1.29, 1.82) is 0 Å². The van der Waals surface area contributed by atoms with Crippen molar-refractivity contribution >= 4 is 0 Å². The highest BCUT2D eigenvalue weighted by atomic mass is 16.3. The van der Waals surface area contributed by atoms with E-state index in [1.165, 1.54) is 16.7 Å². The highest BCUT2D eigenvalue weighted by Gasteiger charge is 2.12. The van der Waals surface area contributed by atoms with Gasteiger partial charge in [0.25, 0.3) is 0 Å². The molecule has 0 aromatic heterocycles. The van der Waals surface area contributed by atoms with Gasteiger partial charge in [0.2, 0.25) is 0 Å². The van der Waals surface area contributed by atoms with Crippen LogP contribution < -0.4 is 0 Å². The largest absolute Gasteiger partial charge is 0.395 e. The number of aryl methyl sites for hydroxylation is 1. The Morgan fingerprint density at radius 3 is 2.16 bits per heavy atom. The molecule has 1 aliphatic rings. The molecule has 2 nitrogen and oxygen atoms in total. The first-order valence-electron chi connectivity index (χ1n) is 7.71. The molecule has 1 heterocycles. The average Bonchev–Trinajstić information content (AvgIpc) is 2.66. The maximum Gasteiger partial charge on any atom is 0.0558 e. The van der Waals surface area contributed by atoms with Gasteiger partial charge in [-0.25, -0.2) is 0 Å². The van der Waals surface area contributed by atoms with E-state index >= 15 is 0 Å². The van der Waals surface area contributed by atoms with Gasteiger partial charge >= 0.3 is 0 Å². The van der Waals surface area contributed by atoms with Gasteiger partial charge in [-0.3, -0.25) is 0 Å². The summed E-state index contributed by atoms with van der Waals surface area (Å²) in [6, 6.07) is 6.76. The molecule has 0 saturated heterocycles. The van der Waals surface area contributed by atoms with Gasteiger partial charge in [-0.05, 0) is 30.9 Å². The summed E-state index contributed by atoms with van der Waals surface area (Å²) in [5, 5.41) is 8.93. The first-order chi connectivity index (χ1) is 9.29. The topological polar surface area (TPSA) is 23.5 Å². The van der Waals surface area contributed by atoms with Crippen LogP contribution in [0, 0.1) is 6.92 Å². The Hall–Kier alpha value is -0.860. The lowest BCUT2D eigenvalue weighted by Gasteiger charge is -2.17. The number of aliphatic hydroxyl groups is 1. The van der Waals surface area contributed by atoms with Crippen molar-refractivity contribution in [2.75, 3.05) is 26.2 Å². The first-order valence-corrected chi connectivity index (χ1v) is 7.71. The number of nitrogens with zero attached hydrogens (tertiary/aromatic N) is 1. The Bertz CT molecular complexity index is 336. The predicted molar refractivity (Wildman–Crippen MR) is 84.8 cm³/mol. The zero-order chi connectivity index (χ0) is 14.7. The maximum absolute atomic E-state index is 8.93. The normalized spacial score (nSPS) is 14.2. The summed E-state index contributed by atoms with van der Waals surface area (Å²) < 4.78 is 0. The summed E-state index contributed by atoms with van der Waals surface area (Å²) in [6.45, 7) is 13.4. The number of rotatable bonds is 2. The Labute approximate surface area is 119 Å². The molecule has 0 spiro atoms. The smallest absolute Gasteiger partial charge is 0.0558 e. The van der Waals surface area contributed by atoms with Crippen LogP contribution in [0.1, 0.15) is 44.4 Å². The monoisotopic (exact) mass is 265 g/mol. The van der Waals surface area contributed by atoms with Crippen molar-refractivity contribution in [3.8, 4) is 0 Å². The third kappa shape index (κ3) is 6.22. The van der Waals surface area contributed by atoms with Crippen molar-refractivity contribution in [3.05, 3.63) is 34.9 Å². The highest BCUT2D eigenvalue weighted by molar-refractivity contribution is 5.32. The molecule has 0 atom stereocenters. The van der Waals surface area contributed by atoms with E-state index in [1.54, 1.807) is 0 Å². The van der Waals surface area contributed by atoms with Crippen molar-refractivity contribution in [2.24, 2.45) is 0 Å². The van der Waals surface area contributed by atoms with E-state index in [2.05, 4.69) is 30.0 Å². The van der Waals surface area contributed by atoms with Crippen LogP contribution in [0.3, 0.4) is 0 Å². The zero-order valence-corrected chi connectivity index (χ0v) is 13.4. The summed E-state index contributed by atoms with van der Waals surface area (Å²) in [7, 11) is 0. The van der Waals surface area contributed by atoms with Crippen LogP contribution in [-0.2, 0) is 12.8 Å². The molecule has 2 rings (SSSR count). The van der Waals surface area contributed by atoms with Crippen LogP contribution in [0.2, 0.25) is 0 Å². The Morgan fingerprint density at radius 2 is 1.58 bits per heavy atom. The first kappa shape index (κ1) is 18.1. The molecule has 0 fully saturated rings. The quantitative estimate of drug-likeness (QED) is 0.885. The SMILES string of the molecule is CC.CC.Cc1ccc2c(c1)CCN(CCO)CC2. The van der Waals surface area contributed by atoms with Gasteiger partial charge in [0.1, 0.15) is 0 Å². The molecule has 110 valence electrons. The minimum atomic E-state index is 0.273. The fraction of sp³-hybridized carbons (Fsp3) is 0.647. The number of hydrogen-bond acceptors (Lipinski definition) is 2. The molecule has 0 aliphatic carbocycles. The minimum absolute atomic E-state index is 0.273. The lowest BCUT2D eigenvalue weighted by molar-refractivity contribution is 0.201. The summed E-state index contributed by atoms with van der Waals surface area (Å²) >= 11 is 0. The number of aliphatic hydroxyl groups excluding tert-OH is 1. The molecule has 1 aromatic carbocycles. The molecular weight excluding hydrogens is 234 g/mol. The van der Waals surface area contributed by atoms with Gasteiger partial charge in [-0.1, -0.05) is 51.5 Å². The minimum Gasteiger partial charge on any atom is -0.395 e. The second-order valence-corrected chi connectivity index (χ2v) is 4.34. The van der Waals surface area contributed by atoms with Crippen LogP contribution in [0.15, 0.2) is 18.2 Å². The van der Waals surface area contributed by atoms with E-state index in [4.69, 9.17) is 5.11 Å². The summed E-state index contributed by atoms with van der Waals surface area (Å²) in [5.74, 6) is 0. The van der Waals surface area contributed by atoms with E-state index in [-0.39, 0.29) is 6.61 Å². The molecule has 0 unspecified atom stereocenters. The van der Waals surface area contributed by atoms with Crippen molar-refractivity contribution in [1.82, 2.24) is 4.90 Å². The molecule has 0 saturated carbocycles. The summed E-state index contributed by atoms with van der Waals surface area (Å²) in [6.07, 6.45) is 2.24. The van der Waals surface area contributed by atoms with E-state index in [0.29, 0.717) is 0 Å². The van der Waals surface area contributed by atoms with Gasteiger partial charge in [0.15, 0.2) is 0 Å². The number of hydrogen-bond donors (Lipinski definition) is 1. The van der Waals surface area contributed by atoms with E-state index in [9.17, 15) is 0 Å². The molecule has 19 heavy (non-hydrogen) atoms. The van der Waals surface area contributed by atoms with Gasteiger partial charge < -0.3 is 10.0 Å². The number of fused-ring (bicyclic) bond motifs is 1. The Balaban J connectivity index is 0.000000741. The molecule has 1 aromatic rings. The van der Waals surface area contributed by atoms with E-state index in [1.807, 2.05) is 27.7 Å². The summed E-state index contributed by atoms with van der Waals surface area (Å²) in [5.41, 5.74) is 4.33. The van der Waals surface area contributed by atoms with Crippen LogP contribution in [-0.4, -0.2) is 36.2 Å². The van der Waals surface area contributed by atoms with E-state index < -0.39 is 0 Å². The third-order valence-electron chi connectivity index (χ3n) is 3.17. The third-order valence-corrected chi connectivity index (χ3v) is 3.17. The second kappa shape index (κ2) is 11.0. The molecule has 2 heteroatoms. The number of β-amino-alcohol motifs (C(OH)–C–C–N with tert-alkyl or cyclic N) is 1. The second-order valence-electron chi connectivity index (χ2n) is 4.34. The van der Waals surface area contributed by atoms with Crippen LogP contribution in [0.25, 0.3) is 0 Å². The van der Waals surface area contributed by atoms with Crippen molar-refractivity contribution in [2.45, 2.75) is 47.5 Å². The Kier molecular flexibility index (Phi) is 10.5. The maximum atomic E-state index is 8.93. The predicted octanol–water partition coefficient (Wildman–Crippen LogP) is 3.44. The molecule has 0 bridgehead atoms. The standard InChI is InChI=1S/C13H19NO.2C2H6/c1-11-2-3-12-4-6-14(8-9-15)7-5-13(12)10-11;2*1-2/h2-3,10,15H,4-9H2,1H3;2*1-2H3. The van der Waals surface area contributed by atoms with Crippen molar-refractivity contribution in [3.63, 3.8) is 0 Å². The molecule has 0 radical (unpaired) electrons. The Morgan fingerprint density at radius 1 is 1.00 bits per heavy atom. The van der Waals surface area contributed by atoms with Crippen LogP contribution in [0.5, 0.6) is 0 Å². The molecule has 1 aliphatic heterocycles. The summed E-state index contributed by atoms with van der Waals surface area (Å²) in [4.78, 5) is 2.34. The van der Waals surface area contributed by atoms with Gasteiger partial charge in [0.05, 0.1) is 6.61 Å². The lowest BCUT2D eigenvalue weighted by Crippen LogP contribution is -2.29. The zero-order valence-electron chi connectivity index (χ0n) is 13.4. The van der Waals surface area contributed by atoms with Gasteiger partial charge in [-0.2, -0.15) is 0 Å². The van der Waals surface area contributed by atoms with Crippen molar-refractivity contribution < 1.29 is 5.11 Å². The number of benzene rings is 1.